The molecule has 160 valence electrons. The molecule has 29 heavy (non-hydrogen) atoms. The zero-order chi connectivity index (χ0) is 21.2. The number of carbonyl (C=O) groups excluding carboxylic acids is 2. The lowest BCUT2D eigenvalue weighted by Crippen LogP contribution is -2.49. The largest absolute Gasteiger partial charge is 0.456 e. The monoisotopic (exact) mass is 400 g/mol. The summed E-state index contributed by atoms with van der Waals surface area (Å²) in [4.78, 5) is 29.3. The fraction of sp³-hybridized carbons (Fsp3) is 0.667. The van der Waals surface area contributed by atoms with Crippen LogP contribution in [0.3, 0.4) is 0 Å². The zero-order valence-electron chi connectivity index (χ0n) is 18.7. The molecule has 5 heteroatoms. The number of ketones is 1. The molecule has 0 spiro atoms. The predicted octanol–water partition coefficient (Wildman–Crippen LogP) is 4.16. The van der Waals surface area contributed by atoms with Gasteiger partial charge in [0.25, 0.3) is 0 Å². The van der Waals surface area contributed by atoms with Crippen LogP contribution in [0.5, 0.6) is 0 Å². The number of piperazine rings is 1. The average Bonchev–Trinajstić information content (AvgIpc) is 2.64. The normalized spacial score (nSPS) is 23.1. The van der Waals surface area contributed by atoms with Crippen molar-refractivity contribution < 1.29 is 14.3 Å². The van der Waals surface area contributed by atoms with E-state index in [1.165, 1.54) is 0 Å². The van der Waals surface area contributed by atoms with Crippen LogP contribution in [-0.2, 0) is 9.53 Å². The fourth-order valence-electron chi connectivity index (χ4n) is 4.36. The van der Waals surface area contributed by atoms with E-state index in [1.54, 1.807) is 0 Å². The summed E-state index contributed by atoms with van der Waals surface area (Å²) in [6.07, 6.45) is 2.77. The molecule has 1 aromatic rings. The highest BCUT2D eigenvalue weighted by molar-refractivity contribution is 5.90. The number of hydrogen-bond acceptors (Lipinski definition) is 5. The van der Waals surface area contributed by atoms with E-state index < -0.39 is 5.60 Å². The number of ether oxygens (including phenoxy) is 1. The molecular weight excluding hydrogens is 364 g/mol. The molecule has 1 saturated carbocycles. The van der Waals surface area contributed by atoms with Crippen molar-refractivity contribution in [3.05, 3.63) is 29.8 Å². The van der Waals surface area contributed by atoms with Crippen molar-refractivity contribution in [1.29, 1.82) is 0 Å². The Morgan fingerprint density at radius 2 is 1.72 bits per heavy atom. The van der Waals surface area contributed by atoms with Crippen LogP contribution in [0.25, 0.3) is 0 Å². The second-order valence-electron chi connectivity index (χ2n) is 10.4. The summed E-state index contributed by atoms with van der Waals surface area (Å²) < 4.78 is 5.43. The van der Waals surface area contributed by atoms with E-state index in [0.717, 1.165) is 57.7 Å². The SMILES string of the molecule is CC1(C)CCC(=O)C(CN2CCN(c3ccc(C(=O)OC(C)(C)C)cc3)CC2)C1. The lowest BCUT2D eigenvalue weighted by molar-refractivity contribution is -0.127. The number of benzene rings is 1. The third-order valence-electron chi connectivity index (χ3n) is 6.02. The van der Waals surface area contributed by atoms with Gasteiger partial charge in [0, 0.05) is 50.7 Å². The third kappa shape index (κ3) is 6.05. The van der Waals surface area contributed by atoms with Crippen LogP contribution < -0.4 is 4.90 Å². The molecular formula is C24H36N2O3. The van der Waals surface area contributed by atoms with Crippen LogP contribution >= 0.6 is 0 Å². The minimum atomic E-state index is -0.485. The Labute approximate surface area is 175 Å². The summed E-state index contributed by atoms with van der Waals surface area (Å²) in [5.41, 5.74) is 1.52. The molecule has 1 aliphatic heterocycles. The first-order valence-electron chi connectivity index (χ1n) is 10.9. The topological polar surface area (TPSA) is 49.9 Å². The van der Waals surface area contributed by atoms with Gasteiger partial charge in [-0.25, -0.2) is 4.79 Å². The minimum Gasteiger partial charge on any atom is -0.456 e. The van der Waals surface area contributed by atoms with Crippen LogP contribution in [0, 0.1) is 11.3 Å². The van der Waals surface area contributed by atoms with Crippen LogP contribution in [-0.4, -0.2) is 55.0 Å². The summed E-state index contributed by atoms with van der Waals surface area (Å²) >= 11 is 0. The molecule has 1 heterocycles. The second kappa shape index (κ2) is 8.47. The standard InChI is InChI=1S/C24H36N2O3/c1-23(2,3)29-22(28)18-6-8-20(9-7-18)26-14-12-25(13-15-26)17-19-16-24(4,5)11-10-21(19)27/h6-9,19H,10-17H2,1-5H3. The van der Waals surface area contributed by atoms with E-state index in [1.807, 2.05) is 45.0 Å². The van der Waals surface area contributed by atoms with Gasteiger partial charge >= 0.3 is 5.97 Å². The molecule has 1 saturated heterocycles. The van der Waals surface area contributed by atoms with Crippen molar-refractivity contribution in [3.63, 3.8) is 0 Å². The first-order valence-corrected chi connectivity index (χ1v) is 10.9. The Morgan fingerprint density at radius 1 is 1.10 bits per heavy atom. The summed E-state index contributed by atoms with van der Waals surface area (Å²) in [7, 11) is 0. The van der Waals surface area contributed by atoms with Crippen LogP contribution in [0.2, 0.25) is 0 Å². The molecule has 0 amide bonds. The van der Waals surface area contributed by atoms with Gasteiger partial charge in [0.05, 0.1) is 5.56 Å². The van der Waals surface area contributed by atoms with Crippen LogP contribution in [0.15, 0.2) is 24.3 Å². The smallest absolute Gasteiger partial charge is 0.338 e. The van der Waals surface area contributed by atoms with Crippen molar-refractivity contribution in [2.45, 2.75) is 59.5 Å². The van der Waals surface area contributed by atoms with Gasteiger partial charge in [-0.1, -0.05) is 13.8 Å². The minimum absolute atomic E-state index is 0.193. The van der Waals surface area contributed by atoms with Crippen LogP contribution in [0.1, 0.15) is 64.2 Å². The van der Waals surface area contributed by atoms with E-state index in [4.69, 9.17) is 4.74 Å². The van der Waals surface area contributed by atoms with Crippen molar-refractivity contribution in [2.24, 2.45) is 11.3 Å². The molecule has 5 nitrogen and oxygen atoms in total. The first-order chi connectivity index (χ1) is 13.5. The number of Topliss-reactive ketones (excluding diaryl/α,β-unsaturated/α-hetero) is 1. The van der Waals surface area contributed by atoms with Gasteiger partial charge in [0.1, 0.15) is 11.4 Å². The van der Waals surface area contributed by atoms with Crippen molar-refractivity contribution in [1.82, 2.24) is 4.90 Å². The van der Waals surface area contributed by atoms with Gasteiger partial charge in [-0.2, -0.15) is 0 Å². The van der Waals surface area contributed by atoms with Gasteiger partial charge in [-0.15, -0.1) is 0 Å². The second-order valence-corrected chi connectivity index (χ2v) is 10.4. The van der Waals surface area contributed by atoms with E-state index in [2.05, 4.69) is 23.6 Å². The van der Waals surface area contributed by atoms with Gasteiger partial charge in [-0.05, 0) is 63.3 Å². The van der Waals surface area contributed by atoms with Crippen molar-refractivity contribution in [3.8, 4) is 0 Å². The van der Waals surface area contributed by atoms with Gasteiger partial charge in [0.2, 0.25) is 0 Å². The highest BCUT2D eigenvalue weighted by atomic mass is 16.6. The lowest BCUT2D eigenvalue weighted by Gasteiger charge is -2.40. The van der Waals surface area contributed by atoms with Gasteiger partial charge in [0.15, 0.2) is 0 Å². The molecule has 1 atom stereocenters. The molecule has 3 rings (SSSR count). The summed E-state index contributed by atoms with van der Waals surface area (Å²) in [6.45, 7) is 14.9. The number of rotatable bonds is 4. The molecule has 1 aliphatic carbocycles. The quantitative estimate of drug-likeness (QED) is 0.711. The summed E-state index contributed by atoms with van der Waals surface area (Å²) in [6, 6.07) is 7.70. The van der Waals surface area contributed by atoms with Crippen molar-refractivity contribution >= 4 is 17.4 Å². The molecule has 1 unspecified atom stereocenters. The summed E-state index contributed by atoms with van der Waals surface area (Å²) in [5, 5.41) is 0. The molecule has 0 bridgehead atoms. The maximum absolute atomic E-state index is 12.3. The van der Waals surface area contributed by atoms with E-state index in [-0.39, 0.29) is 17.3 Å². The Bertz CT molecular complexity index is 725. The van der Waals surface area contributed by atoms with E-state index in [9.17, 15) is 9.59 Å². The number of anilines is 1. The Kier molecular flexibility index (Phi) is 6.37. The highest BCUT2D eigenvalue weighted by Crippen LogP contribution is 2.37. The number of esters is 1. The fourth-order valence-corrected chi connectivity index (χ4v) is 4.36. The maximum atomic E-state index is 12.3. The van der Waals surface area contributed by atoms with Crippen molar-refractivity contribution in [2.75, 3.05) is 37.6 Å². The lowest BCUT2D eigenvalue weighted by atomic mass is 9.71. The van der Waals surface area contributed by atoms with Crippen LogP contribution in [0.4, 0.5) is 5.69 Å². The maximum Gasteiger partial charge on any atom is 0.338 e. The molecule has 0 aromatic heterocycles. The molecule has 0 N–H and O–H groups in total. The number of nitrogens with zero attached hydrogens (tertiary/aromatic N) is 2. The number of carbonyl (C=O) groups is 2. The first kappa shape index (κ1) is 21.8. The molecule has 0 radical (unpaired) electrons. The highest BCUT2D eigenvalue weighted by Gasteiger charge is 2.35. The molecule has 2 aliphatic rings. The van der Waals surface area contributed by atoms with Gasteiger partial charge in [-0.3, -0.25) is 9.69 Å². The summed E-state index contributed by atoms with van der Waals surface area (Å²) in [5.74, 6) is 0.358. The average molecular weight is 401 g/mol. The molecule has 1 aromatic carbocycles. The Hall–Kier alpha value is -1.88. The Morgan fingerprint density at radius 3 is 2.31 bits per heavy atom. The van der Waals surface area contributed by atoms with E-state index in [0.29, 0.717) is 11.3 Å². The van der Waals surface area contributed by atoms with E-state index >= 15 is 0 Å². The zero-order valence-corrected chi connectivity index (χ0v) is 18.7. The van der Waals surface area contributed by atoms with Gasteiger partial charge < -0.3 is 9.64 Å². The number of hydrogen-bond donors (Lipinski definition) is 0. The Balaban J connectivity index is 1.51. The molecule has 2 fully saturated rings. The third-order valence-corrected chi connectivity index (χ3v) is 6.02. The predicted molar refractivity (Wildman–Crippen MR) is 116 cm³/mol.